The van der Waals surface area contributed by atoms with E-state index in [9.17, 15) is 0 Å². The first-order chi connectivity index (χ1) is 10.2. The molecule has 1 unspecified atom stereocenters. The molecule has 2 aromatic carbocycles. The number of imidazole rings is 1. The van der Waals surface area contributed by atoms with E-state index in [0.717, 1.165) is 16.9 Å². The zero-order valence-corrected chi connectivity index (χ0v) is 12.2. The molecule has 0 aliphatic rings. The minimum Gasteiger partial charge on any atom is -0.320 e. The van der Waals surface area contributed by atoms with E-state index in [0.29, 0.717) is 6.42 Å². The molecule has 1 aromatic heterocycles. The third-order valence-electron chi connectivity index (χ3n) is 3.82. The van der Waals surface area contributed by atoms with Crippen molar-refractivity contribution in [1.29, 1.82) is 5.26 Å². The van der Waals surface area contributed by atoms with Gasteiger partial charge in [-0.15, -0.1) is 0 Å². The van der Waals surface area contributed by atoms with E-state index in [2.05, 4.69) is 59.8 Å². The Morgan fingerprint density at radius 2 is 1.95 bits per heavy atom. The van der Waals surface area contributed by atoms with E-state index in [1.807, 2.05) is 18.2 Å². The first-order valence-corrected chi connectivity index (χ1v) is 7.10. The van der Waals surface area contributed by atoms with Gasteiger partial charge in [0.05, 0.1) is 29.6 Å². The van der Waals surface area contributed by atoms with Crippen LogP contribution in [0.15, 0.2) is 48.5 Å². The van der Waals surface area contributed by atoms with Crippen molar-refractivity contribution in [3.63, 3.8) is 0 Å². The lowest BCUT2D eigenvalue weighted by Gasteiger charge is -2.17. The Morgan fingerprint density at radius 1 is 1.19 bits per heavy atom. The summed E-state index contributed by atoms with van der Waals surface area (Å²) in [5.41, 5.74) is 4.45. The van der Waals surface area contributed by atoms with Gasteiger partial charge in [-0.1, -0.05) is 36.4 Å². The number of nitrogens with zero attached hydrogens (tertiary/aromatic N) is 3. The molecule has 0 saturated heterocycles. The van der Waals surface area contributed by atoms with E-state index in [1.165, 1.54) is 11.1 Å². The summed E-state index contributed by atoms with van der Waals surface area (Å²) in [6, 6.07) is 19.0. The van der Waals surface area contributed by atoms with E-state index >= 15 is 0 Å². The highest BCUT2D eigenvalue weighted by Gasteiger charge is 2.16. The molecule has 21 heavy (non-hydrogen) atoms. The first-order valence-electron chi connectivity index (χ1n) is 7.10. The average Bonchev–Trinajstić information content (AvgIpc) is 2.85. The normalized spacial score (nSPS) is 12.2. The summed E-state index contributed by atoms with van der Waals surface area (Å²) < 4.78 is 2.17. The number of aromatic nitrogens is 2. The molecule has 3 rings (SSSR count). The fraction of sp³-hybridized carbons (Fsp3) is 0.222. The number of fused-ring (bicyclic) bond motifs is 1. The van der Waals surface area contributed by atoms with Gasteiger partial charge in [0.15, 0.2) is 0 Å². The summed E-state index contributed by atoms with van der Waals surface area (Å²) in [7, 11) is 0. The van der Waals surface area contributed by atoms with Gasteiger partial charge in [0, 0.05) is 0 Å². The van der Waals surface area contributed by atoms with Crippen LogP contribution in [0.4, 0.5) is 0 Å². The van der Waals surface area contributed by atoms with Gasteiger partial charge in [-0.05, 0) is 37.1 Å². The Hall–Kier alpha value is -2.60. The summed E-state index contributed by atoms with van der Waals surface area (Å²) in [5.74, 6) is 0.828. The van der Waals surface area contributed by atoms with E-state index in [-0.39, 0.29) is 6.04 Å². The number of rotatable bonds is 3. The van der Waals surface area contributed by atoms with Crippen molar-refractivity contribution in [2.24, 2.45) is 0 Å². The topological polar surface area (TPSA) is 41.6 Å². The summed E-state index contributed by atoms with van der Waals surface area (Å²) in [5, 5.41) is 9.07. The molecule has 0 aliphatic heterocycles. The lowest BCUT2D eigenvalue weighted by Crippen LogP contribution is -2.10. The Morgan fingerprint density at radius 3 is 2.67 bits per heavy atom. The second-order valence-electron chi connectivity index (χ2n) is 5.31. The van der Waals surface area contributed by atoms with Gasteiger partial charge in [-0.25, -0.2) is 4.98 Å². The minimum atomic E-state index is 0.155. The summed E-state index contributed by atoms with van der Waals surface area (Å²) >= 11 is 0. The van der Waals surface area contributed by atoms with Crippen LogP contribution in [0.3, 0.4) is 0 Å². The maximum atomic E-state index is 9.07. The second kappa shape index (κ2) is 5.41. The Balaban J connectivity index is 2.20. The smallest absolute Gasteiger partial charge is 0.124 e. The number of hydrogen-bond acceptors (Lipinski definition) is 2. The fourth-order valence-electron chi connectivity index (χ4n) is 2.77. The van der Waals surface area contributed by atoms with E-state index < -0.39 is 0 Å². The molecule has 0 aliphatic carbocycles. The Labute approximate surface area is 124 Å². The Kier molecular flexibility index (Phi) is 3.45. The summed E-state index contributed by atoms with van der Waals surface area (Å²) in [4.78, 5) is 4.65. The van der Waals surface area contributed by atoms with Crippen LogP contribution in [-0.2, 0) is 6.42 Å². The third-order valence-corrected chi connectivity index (χ3v) is 3.82. The molecule has 0 spiro atoms. The van der Waals surface area contributed by atoms with Crippen molar-refractivity contribution in [3.8, 4) is 6.07 Å². The second-order valence-corrected chi connectivity index (χ2v) is 5.31. The minimum absolute atomic E-state index is 0.155. The van der Waals surface area contributed by atoms with Crippen molar-refractivity contribution < 1.29 is 0 Å². The third kappa shape index (κ3) is 2.41. The molecule has 0 N–H and O–H groups in total. The molecule has 0 fully saturated rings. The first kappa shape index (κ1) is 13.4. The predicted molar refractivity (Wildman–Crippen MR) is 84.0 cm³/mol. The molecule has 3 heteroatoms. The number of aryl methyl sites for hydroxylation is 1. The average molecular weight is 275 g/mol. The number of nitriles is 1. The molecule has 3 nitrogen and oxygen atoms in total. The van der Waals surface area contributed by atoms with E-state index in [4.69, 9.17) is 5.26 Å². The maximum Gasteiger partial charge on any atom is 0.124 e. The largest absolute Gasteiger partial charge is 0.320 e. The zero-order chi connectivity index (χ0) is 14.8. The van der Waals surface area contributed by atoms with Crippen molar-refractivity contribution in [3.05, 3.63) is 65.5 Å². The van der Waals surface area contributed by atoms with Crippen molar-refractivity contribution >= 4 is 11.0 Å². The van der Waals surface area contributed by atoms with Gasteiger partial charge >= 0.3 is 0 Å². The van der Waals surface area contributed by atoms with Gasteiger partial charge in [0.25, 0.3) is 0 Å². The van der Waals surface area contributed by atoms with Crippen LogP contribution >= 0.6 is 0 Å². The van der Waals surface area contributed by atoms with Crippen molar-refractivity contribution in [1.82, 2.24) is 9.55 Å². The molecule has 1 atom stereocenters. The lowest BCUT2D eigenvalue weighted by molar-refractivity contribution is 0.630. The van der Waals surface area contributed by atoms with Crippen LogP contribution in [0.5, 0.6) is 0 Å². The summed E-state index contributed by atoms with van der Waals surface area (Å²) in [6.45, 7) is 4.21. The molecule has 0 saturated carbocycles. The van der Waals surface area contributed by atoms with Gasteiger partial charge < -0.3 is 4.57 Å². The summed E-state index contributed by atoms with van der Waals surface area (Å²) in [6.07, 6.45) is 0.324. The molecule has 0 radical (unpaired) electrons. The highest BCUT2D eigenvalue weighted by molar-refractivity contribution is 5.77. The standard InChI is InChI=1S/C18H17N3/c1-13-8-9-17-16(12-13)20-18(10-11-19)21(17)14(2)15-6-4-3-5-7-15/h3-9,12,14H,10H2,1-2H3. The fourth-order valence-corrected chi connectivity index (χ4v) is 2.77. The van der Waals surface area contributed by atoms with Gasteiger partial charge in [-0.3, -0.25) is 0 Å². The molecule has 104 valence electrons. The molecule has 0 amide bonds. The highest BCUT2D eigenvalue weighted by atomic mass is 15.1. The molecule has 1 heterocycles. The monoisotopic (exact) mass is 275 g/mol. The van der Waals surface area contributed by atoms with Gasteiger partial charge in [-0.2, -0.15) is 5.26 Å². The zero-order valence-electron chi connectivity index (χ0n) is 12.2. The highest BCUT2D eigenvalue weighted by Crippen LogP contribution is 2.26. The van der Waals surface area contributed by atoms with Crippen molar-refractivity contribution in [2.45, 2.75) is 26.3 Å². The van der Waals surface area contributed by atoms with Crippen LogP contribution in [-0.4, -0.2) is 9.55 Å². The molecule has 3 aromatic rings. The quantitative estimate of drug-likeness (QED) is 0.724. The lowest BCUT2D eigenvalue weighted by atomic mass is 10.1. The van der Waals surface area contributed by atoms with Crippen molar-refractivity contribution in [2.75, 3.05) is 0 Å². The molecule has 0 bridgehead atoms. The van der Waals surface area contributed by atoms with Crippen LogP contribution in [0, 0.1) is 18.3 Å². The van der Waals surface area contributed by atoms with Crippen LogP contribution < -0.4 is 0 Å². The number of benzene rings is 2. The van der Waals surface area contributed by atoms with Gasteiger partial charge in [0.1, 0.15) is 5.82 Å². The van der Waals surface area contributed by atoms with Crippen LogP contribution in [0.2, 0.25) is 0 Å². The van der Waals surface area contributed by atoms with Crippen LogP contribution in [0.25, 0.3) is 11.0 Å². The SMILES string of the molecule is Cc1ccc2c(c1)nc(CC#N)n2C(C)c1ccccc1. The maximum absolute atomic E-state index is 9.07. The van der Waals surface area contributed by atoms with Gasteiger partial charge in [0.2, 0.25) is 0 Å². The molecular weight excluding hydrogens is 258 g/mol. The van der Waals surface area contributed by atoms with E-state index in [1.54, 1.807) is 0 Å². The van der Waals surface area contributed by atoms with Crippen LogP contribution in [0.1, 0.15) is 29.9 Å². The predicted octanol–water partition coefficient (Wildman–Crippen LogP) is 4.02. The number of hydrogen-bond donors (Lipinski definition) is 0. The molecular formula is C18H17N3. The Bertz CT molecular complexity index is 810.